The van der Waals surface area contributed by atoms with Gasteiger partial charge in [0, 0.05) is 21.2 Å². The molecule has 3 heterocycles. The van der Waals surface area contributed by atoms with Gasteiger partial charge in [-0.25, -0.2) is 9.97 Å². The minimum Gasteiger partial charge on any atom is -0.293 e. The first-order valence-corrected chi connectivity index (χ1v) is 7.89. The Morgan fingerprint density at radius 2 is 1.91 bits per heavy atom. The Balaban J connectivity index is 1.84. The maximum atomic E-state index is 12.5. The fourth-order valence-electron chi connectivity index (χ4n) is 2.43. The molecule has 0 saturated heterocycles. The van der Waals surface area contributed by atoms with E-state index in [1.165, 1.54) is 6.33 Å². The molecule has 0 radical (unpaired) electrons. The van der Waals surface area contributed by atoms with E-state index < -0.39 is 0 Å². The molecular formula is C16H10ClN3OS. The molecular weight excluding hydrogens is 318 g/mol. The molecule has 0 saturated carbocycles. The lowest BCUT2D eigenvalue weighted by Gasteiger charge is -2.05. The molecule has 0 aliphatic heterocycles. The van der Waals surface area contributed by atoms with Crippen molar-refractivity contribution in [3.05, 3.63) is 69.2 Å². The number of aromatic nitrogens is 3. The quantitative estimate of drug-likeness (QED) is 0.564. The van der Waals surface area contributed by atoms with Crippen LogP contribution in [0.1, 0.15) is 4.88 Å². The van der Waals surface area contributed by atoms with E-state index in [4.69, 9.17) is 11.6 Å². The van der Waals surface area contributed by atoms with Gasteiger partial charge >= 0.3 is 0 Å². The van der Waals surface area contributed by atoms with E-state index in [0.29, 0.717) is 22.6 Å². The minimum atomic E-state index is -0.105. The van der Waals surface area contributed by atoms with Gasteiger partial charge in [-0.2, -0.15) is 0 Å². The second-order valence-electron chi connectivity index (χ2n) is 4.89. The molecule has 4 rings (SSSR count). The van der Waals surface area contributed by atoms with Crippen molar-refractivity contribution in [2.45, 2.75) is 6.54 Å². The molecule has 22 heavy (non-hydrogen) atoms. The zero-order valence-electron chi connectivity index (χ0n) is 11.4. The van der Waals surface area contributed by atoms with Crippen LogP contribution in [0.15, 0.2) is 53.7 Å². The van der Waals surface area contributed by atoms with E-state index in [2.05, 4.69) is 9.97 Å². The molecule has 4 nitrogen and oxygen atoms in total. The van der Waals surface area contributed by atoms with E-state index in [0.717, 1.165) is 15.0 Å². The van der Waals surface area contributed by atoms with Crippen LogP contribution in [0.4, 0.5) is 0 Å². The molecule has 0 unspecified atom stereocenters. The highest BCUT2D eigenvalue weighted by Crippen LogP contribution is 2.35. The van der Waals surface area contributed by atoms with Gasteiger partial charge in [0.15, 0.2) is 5.65 Å². The maximum Gasteiger partial charge on any atom is 0.263 e. The van der Waals surface area contributed by atoms with Crippen LogP contribution in [-0.2, 0) is 6.54 Å². The molecule has 0 bridgehead atoms. The summed E-state index contributed by atoms with van der Waals surface area (Å²) in [7, 11) is 0. The number of halogens is 1. The molecule has 0 fully saturated rings. The van der Waals surface area contributed by atoms with Crippen molar-refractivity contribution in [2.75, 3.05) is 0 Å². The highest BCUT2D eigenvalue weighted by Gasteiger charge is 2.12. The van der Waals surface area contributed by atoms with Crippen molar-refractivity contribution in [3.8, 4) is 0 Å². The molecule has 0 N–H and O–H groups in total. The van der Waals surface area contributed by atoms with Crippen molar-refractivity contribution < 1.29 is 0 Å². The van der Waals surface area contributed by atoms with E-state index in [1.54, 1.807) is 34.2 Å². The molecule has 0 atom stereocenters. The molecule has 108 valence electrons. The second kappa shape index (κ2) is 5.19. The van der Waals surface area contributed by atoms with Gasteiger partial charge in [-0.05, 0) is 18.2 Å². The third-order valence-corrected chi connectivity index (χ3v) is 5.21. The van der Waals surface area contributed by atoms with Crippen LogP contribution < -0.4 is 5.56 Å². The third-order valence-electron chi connectivity index (χ3n) is 3.51. The summed E-state index contributed by atoms with van der Waals surface area (Å²) in [5.74, 6) is 0. The third kappa shape index (κ3) is 2.10. The highest BCUT2D eigenvalue weighted by molar-refractivity contribution is 7.19. The number of hydrogen-bond donors (Lipinski definition) is 0. The van der Waals surface area contributed by atoms with Gasteiger partial charge < -0.3 is 0 Å². The van der Waals surface area contributed by atoms with Crippen molar-refractivity contribution in [2.24, 2.45) is 0 Å². The number of nitrogens with zero attached hydrogens (tertiary/aromatic N) is 3. The normalized spacial score (nSPS) is 11.3. The summed E-state index contributed by atoms with van der Waals surface area (Å²) >= 11 is 8.04. The Morgan fingerprint density at radius 3 is 2.77 bits per heavy atom. The molecule has 0 amide bonds. The predicted octanol–water partition coefficient (Wildman–Crippen LogP) is 3.71. The van der Waals surface area contributed by atoms with Crippen molar-refractivity contribution in [3.63, 3.8) is 0 Å². The number of rotatable bonds is 2. The van der Waals surface area contributed by atoms with Crippen LogP contribution in [0.5, 0.6) is 0 Å². The largest absolute Gasteiger partial charge is 0.293 e. The summed E-state index contributed by atoms with van der Waals surface area (Å²) in [5, 5.41) is 2.24. The minimum absolute atomic E-state index is 0.105. The maximum absolute atomic E-state index is 12.5. The van der Waals surface area contributed by atoms with Gasteiger partial charge in [-0.1, -0.05) is 29.8 Å². The average molecular weight is 328 g/mol. The van der Waals surface area contributed by atoms with Crippen LogP contribution >= 0.6 is 22.9 Å². The number of thiophene rings is 1. The summed E-state index contributed by atoms with van der Waals surface area (Å²) in [6.45, 7) is 0.412. The van der Waals surface area contributed by atoms with Crippen LogP contribution in [-0.4, -0.2) is 14.5 Å². The van der Waals surface area contributed by atoms with Gasteiger partial charge in [0.05, 0.1) is 17.0 Å². The number of pyridine rings is 1. The summed E-state index contributed by atoms with van der Waals surface area (Å²) in [4.78, 5) is 21.8. The molecule has 0 spiro atoms. The van der Waals surface area contributed by atoms with Crippen LogP contribution in [0.2, 0.25) is 5.02 Å². The lowest BCUT2D eigenvalue weighted by molar-refractivity contribution is 0.757. The lowest BCUT2D eigenvalue weighted by Crippen LogP contribution is -2.21. The van der Waals surface area contributed by atoms with Gasteiger partial charge in [0.25, 0.3) is 5.56 Å². The first-order chi connectivity index (χ1) is 10.7. The van der Waals surface area contributed by atoms with Crippen LogP contribution in [0.25, 0.3) is 21.1 Å². The number of hydrogen-bond acceptors (Lipinski definition) is 4. The number of fused-ring (bicyclic) bond motifs is 2. The predicted molar refractivity (Wildman–Crippen MR) is 89.7 cm³/mol. The van der Waals surface area contributed by atoms with Crippen molar-refractivity contribution in [1.29, 1.82) is 0 Å². The van der Waals surface area contributed by atoms with E-state index in [-0.39, 0.29) is 5.56 Å². The van der Waals surface area contributed by atoms with Crippen molar-refractivity contribution in [1.82, 2.24) is 14.5 Å². The zero-order chi connectivity index (χ0) is 15.1. The first kappa shape index (κ1) is 13.4. The SMILES string of the molecule is O=c1c2cccnc2ncn1Cc1sc2ccccc2c1Cl. The summed E-state index contributed by atoms with van der Waals surface area (Å²) < 4.78 is 2.69. The standard InChI is InChI=1S/C16H10ClN3OS/c17-14-10-4-1-2-6-12(10)22-13(14)8-20-9-19-15-11(16(20)21)5-3-7-18-15/h1-7,9H,8H2. The highest BCUT2D eigenvalue weighted by atomic mass is 35.5. The van der Waals surface area contributed by atoms with E-state index >= 15 is 0 Å². The molecule has 0 aliphatic carbocycles. The Labute approximate surface area is 134 Å². The van der Waals surface area contributed by atoms with E-state index in [1.807, 2.05) is 24.3 Å². The lowest BCUT2D eigenvalue weighted by atomic mass is 10.2. The second-order valence-corrected chi connectivity index (χ2v) is 6.40. The molecule has 1 aromatic carbocycles. The van der Waals surface area contributed by atoms with Crippen molar-refractivity contribution >= 4 is 44.1 Å². The van der Waals surface area contributed by atoms with Gasteiger partial charge in [-0.3, -0.25) is 9.36 Å². The molecule has 4 aromatic rings. The Kier molecular flexibility index (Phi) is 3.17. The molecule has 0 aliphatic rings. The Morgan fingerprint density at radius 1 is 1.09 bits per heavy atom. The summed E-state index contributed by atoms with van der Waals surface area (Å²) in [5.41, 5.74) is 0.359. The van der Waals surface area contributed by atoms with Crippen LogP contribution in [0, 0.1) is 0 Å². The zero-order valence-corrected chi connectivity index (χ0v) is 12.9. The van der Waals surface area contributed by atoms with Crippen LogP contribution in [0.3, 0.4) is 0 Å². The first-order valence-electron chi connectivity index (χ1n) is 6.70. The molecule has 6 heteroatoms. The molecule has 3 aromatic heterocycles. The van der Waals surface area contributed by atoms with Gasteiger partial charge in [0.2, 0.25) is 0 Å². The average Bonchev–Trinajstić information content (AvgIpc) is 2.87. The fraction of sp³-hybridized carbons (Fsp3) is 0.0625. The fourth-order valence-corrected chi connectivity index (χ4v) is 3.92. The topological polar surface area (TPSA) is 47.8 Å². The van der Waals surface area contributed by atoms with Gasteiger partial charge in [0.1, 0.15) is 6.33 Å². The van der Waals surface area contributed by atoms with Gasteiger partial charge in [-0.15, -0.1) is 11.3 Å². The Hall–Kier alpha value is -2.24. The summed E-state index contributed by atoms with van der Waals surface area (Å²) in [6, 6.07) is 11.4. The van der Waals surface area contributed by atoms with E-state index in [9.17, 15) is 4.79 Å². The number of benzene rings is 1. The summed E-state index contributed by atoms with van der Waals surface area (Å²) in [6.07, 6.45) is 3.15. The smallest absolute Gasteiger partial charge is 0.263 e. The Bertz CT molecular complexity index is 1050. The monoisotopic (exact) mass is 327 g/mol.